The second-order valence-corrected chi connectivity index (χ2v) is 10.6. The summed E-state index contributed by atoms with van der Waals surface area (Å²) in [7, 11) is 12.6. The molecule has 64 heavy (non-hydrogen) atoms. The smallest absolute Gasteiger partial charge is 0.366 e. The summed E-state index contributed by atoms with van der Waals surface area (Å²) >= 11 is 0. The molecule has 9 N–H and O–H groups in total. The Morgan fingerprint density at radius 2 is 0.891 bits per heavy atom. The number of hydrogen-bond acceptors (Lipinski definition) is 19. The molecule has 2 amide bonds. The number of para-hydroxylation sites is 4. The Balaban J connectivity index is -0.000000747. The zero-order chi connectivity index (χ0) is 47.0. The normalized spacial score (nSPS) is 11.3. The molecule has 21 heteroatoms. The number of benzene rings is 4. The predicted molar refractivity (Wildman–Crippen MR) is 244 cm³/mol. The number of carbonyl (C=O) groups is 4. The molecule has 0 unspecified atom stereocenters. The average molecular weight is 897 g/mol. The summed E-state index contributed by atoms with van der Waals surface area (Å²) in [6, 6.07) is 26.2. The summed E-state index contributed by atoms with van der Waals surface area (Å²) in [5, 5.41) is 47.6. The summed E-state index contributed by atoms with van der Waals surface area (Å²) in [4.78, 5) is 63.5. The first-order valence-corrected chi connectivity index (χ1v) is 17.7. The third-order valence-corrected chi connectivity index (χ3v) is 7.01. The molecule has 1 heterocycles. The minimum atomic E-state index is -0.668. The van der Waals surface area contributed by atoms with E-state index >= 15 is 0 Å². The lowest BCUT2D eigenvalue weighted by molar-refractivity contribution is -0.133. The fourth-order valence-electron chi connectivity index (χ4n) is 4.44. The zero-order valence-electron chi connectivity index (χ0n) is 35.6. The number of oxime groups is 4. The van der Waals surface area contributed by atoms with Crippen molar-refractivity contribution in [1.29, 1.82) is 0 Å². The van der Waals surface area contributed by atoms with Crippen LogP contribution in [-0.4, -0.2) is 126 Å². The van der Waals surface area contributed by atoms with E-state index in [0.717, 1.165) is 0 Å². The predicted octanol–water partition coefficient (Wildman–Crippen LogP) is 3.27. The third-order valence-electron chi connectivity index (χ3n) is 7.01. The van der Waals surface area contributed by atoms with Gasteiger partial charge >= 0.3 is 11.9 Å². The van der Waals surface area contributed by atoms with Crippen LogP contribution in [0.2, 0.25) is 0 Å². The molecule has 0 aliphatic carbocycles. The number of nitrogens with zero attached hydrogens (tertiary/aromatic N) is 4. The number of phenols is 3. The summed E-state index contributed by atoms with van der Waals surface area (Å²) in [6.07, 6.45) is 0. The van der Waals surface area contributed by atoms with E-state index in [4.69, 9.17) is 4.74 Å². The van der Waals surface area contributed by atoms with Gasteiger partial charge < -0.3 is 66.2 Å². The van der Waals surface area contributed by atoms with Crippen molar-refractivity contribution in [2.24, 2.45) is 32.1 Å². The maximum atomic E-state index is 11.4. The van der Waals surface area contributed by atoms with Crippen LogP contribution in [0.15, 0.2) is 118 Å². The Morgan fingerprint density at radius 1 is 0.547 bits per heavy atom. The van der Waals surface area contributed by atoms with Gasteiger partial charge in [0.15, 0.2) is 22.8 Å². The van der Waals surface area contributed by atoms with Crippen LogP contribution in [0.5, 0.6) is 23.0 Å². The molecule has 0 spiro atoms. The number of fused-ring (bicyclic) bond motifs is 1. The van der Waals surface area contributed by atoms with Crippen molar-refractivity contribution in [3.8, 4) is 23.0 Å². The van der Waals surface area contributed by atoms with E-state index in [1.54, 1.807) is 72.8 Å². The van der Waals surface area contributed by atoms with Crippen molar-refractivity contribution in [2.45, 2.75) is 14.9 Å². The molecule has 0 bridgehead atoms. The van der Waals surface area contributed by atoms with E-state index < -0.39 is 23.8 Å². The van der Waals surface area contributed by atoms with Gasteiger partial charge in [0.2, 0.25) is 0 Å². The minimum absolute atomic E-state index is 0. The van der Waals surface area contributed by atoms with E-state index in [-0.39, 0.29) is 60.5 Å². The highest BCUT2D eigenvalue weighted by Crippen LogP contribution is 2.25. The second-order valence-electron chi connectivity index (χ2n) is 10.6. The topological polar surface area (TPSA) is 310 Å². The summed E-state index contributed by atoms with van der Waals surface area (Å²) in [6.45, 7) is 0. The summed E-state index contributed by atoms with van der Waals surface area (Å²) < 4.78 is 9.44. The lowest BCUT2D eigenvalue weighted by Crippen LogP contribution is -2.28. The van der Waals surface area contributed by atoms with Gasteiger partial charge in [0.25, 0.3) is 11.8 Å². The zero-order valence-corrected chi connectivity index (χ0v) is 35.6. The van der Waals surface area contributed by atoms with Gasteiger partial charge in [-0.3, -0.25) is 9.59 Å². The van der Waals surface area contributed by atoms with Crippen LogP contribution < -0.4 is 26.8 Å². The van der Waals surface area contributed by atoms with Gasteiger partial charge in [-0.05, 0) is 62.6 Å². The first-order chi connectivity index (χ1) is 29.9. The van der Waals surface area contributed by atoms with Crippen LogP contribution in [0.1, 0.15) is 37.1 Å². The number of nitrogens with one attached hydrogen (secondary N) is 2. The molecule has 4 aromatic carbocycles. The van der Waals surface area contributed by atoms with E-state index in [1.165, 1.54) is 81.9 Å². The van der Waals surface area contributed by atoms with Gasteiger partial charge in [-0.1, -0.05) is 84.0 Å². The number of methoxy groups -OCH3 is 1. The number of hydrogen-bond donors (Lipinski definition) is 7. The number of amides is 2. The van der Waals surface area contributed by atoms with E-state index in [0.29, 0.717) is 22.4 Å². The maximum Gasteiger partial charge on any atom is 0.366 e. The SMILES string of the molecule is C.C.CN.CN.CNC(=O)C(=NOC)c1ccccc1O.CNC(=O)C(=NOC)c1ccccc1O.CON=C(C(=O)OC)c1ccccc1O.CON=C1C(=O)Oc2ccccc21. The molecule has 0 saturated heterocycles. The molecule has 0 saturated carbocycles. The van der Waals surface area contributed by atoms with Crippen molar-refractivity contribution < 1.29 is 63.3 Å². The molecular formula is C43H60N8O13. The Hall–Kier alpha value is -8.04. The van der Waals surface area contributed by atoms with Crippen molar-refractivity contribution in [3.63, 3.8) is 0 Å². The first kappa shape index (κ1) is 60.3. The van der Waals surface area contributed by atoms with Gasteiger partial charge in [-0.25, -0.2) is 9.59 Å². The number of carbonyl (C=O) groups excluding carboxylic acids is 4. The molecule has 1 aliphatic heterocycles. The molecule has 4 aromatic rings. The van der Waals surface area contributed by atoms with E-state index in [2.05, 4.69) is 66.8 Å². The van der Waals surface area contributed by atoms with Crippen LogP contribution in [0.25, 0.3) is 0 Å². The quantitative estimate of drug-likeness (QED) is 0.0520. The molecule has 350 valence electrons. The largest absolute Gasteiger partial charge is 0.507 e. The van der Waals surface area contributed by atoms with Crippen LogP contribution in [0.4, 0.5) is 0 Å². The van der Waals surface area contributed by atoms with Crippen LogP contribution >= 0.6 is 0 Å². The number of rotatable bonds is 10. The molecule has 1 aliphatic rings. The molecule has 5 rings (SSSR count). The van der Waals surface area contributed by atoms with Gasteiger partial charge in [-0.15, -0.1) is 0 Å². The van der Waals surface area contributed by atoms with Crippen molar-refractivity contribution in [1.82, 2.24) is 10.6 Å². The number of likely N-dealkylation sites (N-methyl/N-ethyl adjacent to an activating group) is 2. The number of phenolic OH excluding ortho intramolecular Hbond substituents is 3. The molecular weight excluding hydrogens is 837 g/mol. The average Bonchev–Trinajstić information content (AvgIpc) is 3.63. The maximum absolute atomic E-state index is 11.4. The summed E-state index contributed by atoms with van der Waals surface area (Å²) in [5.74, 6) is -1.53. The molecule has 0 atom stereocenters. The fourth-order valence-corrected chi connectivity index (χ4v) is 4.44. The number of nitrogens with two attached hydrogens (primary N) is 2. The van der Waals surface area contributed by atoms with Gasteiger partial charge in [0.05, 0.1) is 29.4 Å². The van der Waals surface area contributed by atoms with E-state index in [1.807, 2.05) is 6.07 Å². The van der Waals surface area contributed by atoms with Gasteiger partial charge in [-0.2, -0.15) is 0 Å². The highest BCUT2D eigenvalue weighted by atomic mass is 16.6. The number of esters is 2. The van der Waals surface area contributed by atoms with E-state index in [9.17, 15) is 34.5 Å². The Labute approximate surface area is 372 Å². The van der Waals surface area contributed by atoms with Gasteiger partial charge in [0, 0.05) is 14.1 Å². The lowest BCUT2D eigenvalue weighted by Gasteiger charge is -2.05. The molecule has 0 aromatic heterocycles. The molecule has 0 fully saturated rings. The van der Waals surface area contributed by atoms with Crippen molar-refractivity contribution >= 4 is 46.6 Å². The third kappa shape index (κ3) is 18.7. The lowest BCUT2D eigenvalue weighted by atomic mass is 10.1. The standard InChI is InChI=1S/2C10H12N2O3.C10H11NO4.C9H7NO3.2CH5N.2CH4/c2*1-11-10(14)9(12-15-2)7-5-3-4-6-8(7)13;1-14-10(13)9(11-15-2)7-5-3-4-6-8(7)12;1-12-10-8-6-4-2-3-5-7(6)13-9(8)11;2*1-2;;/h2*3-6,13H,1-2H3,(H,11,14);3-6,12H,1-2H3;2-5H,1H3;2*2H2,1H3;2*1H4. The minimum Gasteiger partial charge on any atom is -0.507 e. The van der Waals surface area contributed by atoms with Crippen molar-refractivity contribution in [3.05, 3.63) is 119 Å². The number of ether oxygens (including phenoxy) is 2. The fraction of sp³-hybridized carbons (Fsp3) is 0.256. The Kier molecular flexibility index (Phi) is 32.6. The van der Waals surface area contributed by atoms with Gasteiger partial charge in [0.1, 0.15) is 51.4 Å². The Bertz CT molecular complexity index is 1980. The second kappa shape index (κ2) is 34.6. The first-order valence-electron chi connectivity index (χ1n) is 17.7. The monoisotopic (exact) mass is 896 g/mol. The highest BCUT2D eigenvalue weighted by molar-refractivity contribution is 6.47. The summed E-state index contributed by atoms with van der Waals surface area (Å²) in [5.41, 5.74) is 10.8. The van der Waals surface area contributed by atoms with Crippen LogP contribution in [-0.2, 0) is 43.3 Å². The number of aromatic hydroxyl groups is 3. The Morgan fingerprint density at radius 3 is 1.23 bits per heavy atom. The van der Waals surface area contributed by atoms with Crippen LogP contribution in [0, 0.1) is 0 Å². The highest BCUT2D eigenvalue weighted by Gasteiger charge is 2.29. The molecule has 21 nitrogen and oxygen atoms in total. The van der Waals surface area contributed by atoms with Crippen molar-refractivity contribution in [2.75, 3.05) is 63.7 Å². The van der Waals surface area contributed by atoms with Crippen LogP contribution in [0.3, 0.4) is 0 Å². The molecule has 0 radical (unpaired) electrons.